The number of esters is 1. The van der Waals surface area contributed by atoms with Crippen molar-refractivity contribution in [3.63, 3.8) is 0 Å². The number of amides is 2. The number of benzene rings is 1. The van der Waals surface area contributed by atoms with Crippen LogP contribution < -0.4 is 0 Å². The molecule has 1 saturated carbocycles. The lowest BCUT2D eigenvalue weighted by atomic mass is 9.94. The second-order valence-electron chi connectivity index (χ2n) is 6.70. The van der Waals surface area contributed by atoms with Crippen molar-refractivity contribution in [2.24, 2.45) is 0 Å². The lowest BCUT2D eigenvalue weighted by molar-refractivity contribution is -0.155. The van der Waals surface area contributed by atoms with Crippen LogP contribution in [0.2, 0.25) is 0 Å². The van der Waals surface area contributed by atoms with Crippen LogP contribution in [-0.2, 0) is 23.8 Å². The van der Waals surface area contributed by atoms with E-state index in [1.54, 1.807) is 0 Å². The van der Waals surface area contributed by atoms with E-state index in [4.69, 9.17) is 4.74 Å². The maximum Gasteiger partial charge on any atom is 0.523 e. The van der Waals surface area contributed by atoms with Gasteiger partial charge in [-0.1, -0.05) is 12.1 Å². The highest BCUT2D eigenvalue weighted by molar-refractivity contribution is 7.87. The number of nitrogens with zero attached hydrogens (tertiary/aromatic N) is 1. The summed E-state index contributed by atoms with van der Waals surface area (Å²) in [5.74, 6) is -3.21. The van der Waals surface area contributed by atoms with E-state index in [9.17, 15) is 40.4 Å². The SMILES string of the molecule is CCOC(=O)[C@]1(N2C(=O)c3ccccc3C2=O)C[C@@H](F)[C@H](OS(=O)(=O)C(F)(F)F)C1. The molecule has 1 fully saturated rings. The first-order valence-corrected chi connectivity index (χ1v) is 10.1. The average Bonchev–Trinajstić information content (AvgIpc) is 3.10. The van der Waals surface area contributed by atoms with Gasteiger partial charge >= 0.3 is 21.6 Å². The summed E-state index contributed by atoms with van der Waals surface area (Å²) >= 11 is 0. The second kappa shape index (κ2) is 7.30. The van der Waals surface area contributed by atoms with Crippen molar-refractivity contribution in [3.05, 3.63) is 35.4 Å². The van der Waals surface area contributed by atoms with E-state index < -0.39 is 64.1 Å². The van der Waals surface area contributed by atoms with Gasteiger partial charge in [0.1, 0.15) is 12.3 Å². The summed E-state index contributed by atoms with van der Waals surface area (Å²) in [6, 6.07) is 5.47. The second-order valence-corrected chi connectivity index (χ2v) is 8.27. The van der Waals surface area contributed by atoms with Crippen molar-refractivity contribution in [3.8, 4) is 0 Å². The number of hydrogen-bond donors (Lipinski definition) is 0. The van der Waals surface area contributed by atoms with Crippen LogP contribution >= 0.6 is 0 Å². The molecule has 2 aliphatic rings. The van der Waals surface area contributed by atoms with Crippen LogP contribution in [0.5, 0.6) is 0 Å². The quantitative estimate of drug-likeness (QED) is 0.221. The van der Waals surface area contributed by atoms with E-state index in [0.29, 0.717) is 4.90 Å². The molecule has 1 aromatic carbocycles. The first-order chi connectivity index (χ1) is 13.9. The van der Waals surface area contributed by atoms with Crippen molar-refractivity contribution >= 4 is 27.9 Å². The van der Waals surface area contributed by atoms with E-state index in [2.05, 4.69) is 4.18 Å². The molecule has 30 heavy (non-hydrogen) atoms. The zero-order chi connectivity index (χ0) is 22.5. The lowest BCUT2D eigenvalue weighted by Gasteiger charge is -2.34. The number of carbonyl (C=O) groups is 3. The Hall–Kier alpha value is -2.54. The molecule has 0 bridgehead atoms. The Morgan fingerprint density at radius 1 is 1.17 bits per heavy atom. The van der Waals surface area contributed by atoms with Crippen molar-refractivity contribution in [2.75, 3.05) is 6.61 Å². The largest absolute Gasteiger partial charge is 0.523 e. The number of alkyl halides is 4. The molecule has 0 aromatic heterocycles. The fourth-order valence-electron chi connectivity index (χ4n) is 3.59. The van der Waals surface area contributed by atoms with Crippen LogP contribution in [0.4, 0.5) is 17.6 Å². The molecule has 0 unspecified atom stereocenters. The van der Waals surface area contributed by atoms with Gasteiger partial charge in [-0.25, -0.2) is 9.18 Å². The Morgan fingerprint density at radius 2 is 1.70 bits per heavy atom. The number of hydrogen-bond acceptors (Lipinski definition) is 7. The van der Waals surface area contributed by atoms with Crippen LogP contribution in [0.15, 0.2) is 24.3 Å². The maximum atomic E-state index is 14.6. The Balaban J connectivity index is 2.02. The van der Waals surface area contributed by atoms with Gasteiger partial charge in [0.25, 0.3) is 11.8 Å². The highest BCUT2D eigenvalue weighted by Crippen LogP contribution is 2.45. The predicted molar refractivity (Wildman–Crippen MR) is 90.3 cm³/mol. The van der Waals surface area contributed by atoms with Gasteiger partial charge in [0, 0.05) is 12.8 Å². The molecule has 1 heterocycles. The minimum absolute atomic E-state index is 0.0890. The van der Waals surface area contributed by atoms with Gasteiger partial charge in [-0.3, -0.25) is 18.7 Å². The van der Waals surface area contributed by atoms with E-state index in [0.717, 1.165) is 0 Å². The van der Waals surface area contributed by atoms with Crippen LogP contribution in [-0.4, -0.2) is 61.0 Å². The molecule has 13 heteroatoms. The van der Waals surface area contributed by atoms with Gasteiger partial charge in [0.05, 0.1) is 17.7 Å². The third-order valence-electron chi connectivity index (χ3n) is 4.89. The van der Waals surface area contributed by atoms with E-state index in [-0.39, 0.29) is 17.7 Å². The van der Waals surface area contributed by atoms with Crippen molar-refractivity contribution in [1.82, 2.24) is 4.90 Å². The summed E-state index contributed by atoms with van der Waals surface area (Å²) in [5.41, 5.74) is -8.37. The van der Waals surface area contributed by atoms with Gasteiger partial charge in [-0.05, 0) is 19.1 Å². The van der Waals surface area contributed by atoms with Gasteiger partial charge in [-0.2, -0.15) is 21.6 Å². The molecule has 1 aliphatic heterocycles. The van der Waals surface area contributed by atoms with Crippen LogP contribution in [0.1, 0.15) is 40.5 Å². The first kappa shape index (κ1) is 22.2. The zero-order valence-electron chi connectivity index (χ0n) is 15.3. The summed E-state index contributed by atoms with van der Waals surface area (Å²) < 4.78 is 84.0. The molecule has 3 rings (SSSR count). The highest BCUT2D eigenvalue weighted by Gasteiger charge is 2.63. The van der Waals surface area contributed by atoms with Crippen LogP contribution in [0, 0.1) is 0 Å². The third-order valence-corrected chi connectivity index (χ3v) is 5.95. The number of carbonyl (C=O) groups excluding carboxylic acids is 3. The standard InChI is InChI=1S/C17H15F4NO7S/c1-2-28-15(25)16(22-13(23)9-5-3-4-6-10(9)14(22)24)7-11(18)12(8-16)29-30(26,27)17(19,20)21/h3-6,11-12H,2,7-8H2,1H3/t11-,12-,16+/m1/s1. The van der Waals surface area contributed by atoms with Gasteiger partial charge in [0.2, 0.25) is 0 Å². The fourth-order valence-corrected chi connectivity index (χ4v) is 4.22. The summed E-state index contributed by atoms with van der Waals surface area (Å²) in [5, 5.41) is 0. The summed E-state index contributed by atoms with van der Waals surface area (Å²) in [4.78, 5) is 38.7. The van der Waals surface area contributed by atoms with E-state index in [1.807, 2.05) is 0 Å². The number of fused-ring (bicyclic) bond motifs is 1. The fraction of sp³-hybridized carbons (Fsp3) is 0.471. The molecule has 1 aliphatic carbocycles. The average molecular weight is 453 g/mol. The molecule has 0 spiro atoms. The van der Waals surface area contributed by atoms with Crippen molar-refractivity contribution in [2.45, 2.75) is 43.1 Å². The Bertz CT molecular complexity index is 975. The minimum Gasteiger partial charge on any atom is -0.464 e. The molecule has 0 radical (unpaired) electrons. The Kier molecular flexibility index (Phi) is 5.39. The number of halogens is 4. The Morgan fingerprint density at radius 3 is 2.17 bits per heavy atom. The molecule has 164 valence electrons. The smallest absolute Gasteiger partial charge is 0.464 e. The van der Waals surface area contributed by atoms with Crippen molar-refractivity contribution < 1.29 is 49.3 Å². The lowest BCUT2D eigenvalue weighted by Crippen LogP contribution is -2.56. The van der Waals surface area contributed by atoms with E-state index >= 15 is 0 Å². The maximum absolute atomic E-state index is 14.6. The molecular formula is C17H15F4NO7S. The first-order valence-electron chi connectivity index (χ1n) is 8.64. The molecular weight excluding hydrogens is 438 g/mol. The van der Waals surface area contributed by atoms with Crippen LogP contribution in [0.3, 0.4) is 0 Å². The van der Waals surface area contributed by atoms with E-state index in [1.165, 1.54) is 31.2 Å². The minimum atomic E-state index is -6.19. The number of imide groups is 1. The number of ether oxygens (including phenoxy) is 1. The molecule has 3 atom stereocenters. The third kappa shape index (κ3) is 3.35. The summed E-state index contributed by atoms with van der Waals surface area (Å²) in [7, 11) is -6.19. The van der Waals surface area contributed by atoms with Gasteiger partial charge in [-0.15, -0.1) is 0 Å². The molecule has 8 nitrogen and oxygen atoms in total. The molecule has 2 amide bonds. The molecule has 0 saturated heterocycles. The zero-order valence-corrected chi connectivity index (χ0v) is 16.1. The summed E-state index contributed by atoms with van der Waals surface area (Å²) in [6.45, 7) is 1.14. The molecule has 1 aromatic rings. The van der Waals surface area contributed by atoms with Crippen molar-refractivity contribution in [1.29, 1.82) is 0 Å². The summed E-state index contributed by atoms with van der Waals surface area (Å²) in [6.07, 6.45) is -6.66. The number of rotatable bonds is 5. The van der Waals surface area contributed by atoms with Crippen LogP contribution in [0.25, 0.3) is 0 Å². The molecule has 0 N–H and O–H groups in total. The van der Waals surface area contributed by atoms with Gasteiger partial charge < -0.3 is 4.74 Å². The highest BCUT2D eigenvalue weighted by atomic mass is 32.2. The van der Waals surface area contributed by atoms with Gasteiger partial charge in [0.15, 0.2) is 5.54 Å². The Labute approximate surface area is 167 Å². The topological polar surface area (TPSA) is 107 Å². The normalized spacial score (nSPS) is 26.8. The monoisotopic (exact) mass is 453 g/mol. The predicted octanol–water partition coefficient (Wildman–Crippen LogP) is 1.95.